The fraction of sp³-hybridized carbons (Fsp3) is 0.0526. The monoisotopic (exact) mass is 435 g/mol. The van der Waals surface area contributed by atoms with Crippen molar-refractivity contribution in [3.63, 3.8) is 0 Å². The number of nitrogens with one attached hydrogen (secondary N) is 1. The van der Waals surface area contributed by atoms with Gasteiger partial charge >= 0.3 is 0 Å². The van der Waals surface area contributed by atoms with Gasteiger partial charge in [-0.2, -0.15) is 0 Å². The first-order valence-corrected chi connectivity index (χ1v) is 10.3. The Bertz CT molecular complexity index is 1080. The maximum Gasteiger partial charge on any atom is 0.264 e. The van der Waals surface area contributed by atoms with Gasteiger partial charge in [-0.3, -0.25) is 14.1 Å². The Morgan fingerprint density at radius 2 is 1.79 bits per heavy atom. The number of anilines is 2. The normalized spacial score (nSPS) is 11.1. The third-order valence-corrected chi connectivity index (χ3v) is 6.07. The van der Waals surface area contributed by atoms with Crippen molar-refractivity contribution in [2.75, 3.05) is 16.2 Å². The molecule has 3 rings (SSSR count). The number of carbonyl (C=O) groups is 1. The van der Waals surface area contributed by atoms with E-state index in [4.69, 9.17) is 23.2 Å². The van der Waals surface area contributed by atoms with E-state index < -0.39 is 22.5 Å². The highest BCUT2D eigenvalue weighted by atomic mass is 35.5. The van der Waals surface area contributed by atoms with E-state index in [9.17, 15) is 13.2 Å². The second-order valence-electron chi connectivity index (χ2n) is 5.71. The quantitative estimate of drug-likeness (QED) is 0.628. The number of amides is 1. The number of hydrogen-bond acceptors (Lipinski definition) is 4. The fourth-order valence-electron chi connectivity index (χ4n) is 2.46. The van der Waals surface area contributed by atoms with Crippen molar-refractivity contribution in [1.82, 2.24) is 4.98 Å². The van der Waals surface area contributed by atoms with E-state index in [1.165, 1.54) is 36.5 Å². The maximum atomic E-state index is 13.2. The summed E-state index contributed by atoms with van der Waals surface area (Å²) in [6, 6.07) is 15.5. The molecule has 0 aliphatic carbocycles. The zero-order valence-corrected chi connectivity index (χ0v) is 16.7. The van der Waals surface area contributed by atoms with Crippen LogP contribution < -0.4 is 9.62 Å². The number of nitrogens with zero attached hydrogens (tertiary/aromatic N) is 2. The molecule has 1 aromatic heterocycles. The minimum absolute atomic E-state index is 0.0280. The molecule has 0 spiro atoms. The highest BCUT2D eigenvalue weighted by Crippen LogP contribution is 2.32. The Balaban J connectivity index is 2.00. The van der Waals surface area contributed by atoms with Gasteiger partial charge in [0.2, 0.25) is 5.91 Å². The van der Waals surface area contributed by atoms with E-state index in [1.807, 2.05) is 0 Å². The van der Waals surface area contributed by atoms with Gasteiger partial charge in [0.05, 0.1) is 27.5 Å². The summed E-state index contributed by atoms with van der Waals surface area (Å²) in [4.78, 5) is 16.5. The average Bonchev–Trinajstić information content (AvgIpc) is 2.69. The molecular formula is C19H15Cl2N3O3S. The second kappa shape index (κ2) is 8.60. The molecule has 0 atom stereocenters. The van der Waals surface area contributed by atoms with Gasteiger partial charge in [-0.25, -0.2) is 8.42 Å². The van der Waals surface area contributed by atoms with E-state index in [1.54, 1.807) is 36.5 Å². The van der Waals surface area contributed by atoms with E-state index in [0.29, 0.717) is 10.7 Å². The van der Waals surface area contributed by atoms with Crippen LogP contribution in [0.3, 0.4) is 0 Å². The number of pyridine rings is 1. The van der Waals surface area contributed by atoms with Gasteiger partial charge < -0.3 is 5.32 Å². The third kappa shape index (κ3) is 4.62. The van der Waals surface area contributed by atoms with Gasteiger partial charge in [0.25, 0.3) is 10.0 Å². The molecule has 0 bridgehead atoms. The molecule has 1 amide bonds. The lowest BCUT2D eigenvalue weighted by molar-refractivity contribution is -0.114. The zero-order chi connectivity index (χ0) is 20.1. The number of aromatic nitrogens is 1. The summed E-state index contributed by atoms with van der Waals surface area (Å²) < 4.78 is 27.4. The number of carbonyl (C=O) groups excluding carboxylic acids is 1. The topological polar surface area (TPSA) is 79.4 Å². The number of hydrogen-bond donors (Lipinski definition) is 1. The van der Waals surface area contributed by atoms with Crippen molar-refractivity contribution in [3.05, 3.63) is 83.1 Å². The SMILES string of the molecule is O=C(CN(c1cc(Cl)ccc1Cl)S(=O)(=O)c1ccccc1)Nc1cccnc1. The van der Waals surface area contributed by atoms with Crippen LogP contribution in [0.2, 0.25) is 10.0 Å². The Hall–Kier alpha value is -2.61. The summed E-state index contributed by atoms with van der Waals surface area (Å²) in [5.74, 6) is -0.552. The van der Waals surface area contributed by atoms with Gasteiger partial charge in [0.15, 0.2) is 0 Å². The molecule has 2 aromatic carbocycles. The van der Waals surface area contributed by atoms with Crippen molar-refractivity contribution < 1.29 is 13.2 Å². The number of rotatable bonds is 6. The minimum Gasteiger partial charge on any atom is -0.323 e. The largest absolute Gasteiger partial charge is 0.323 e. The summed E-state index contributed by atoms with van der Waals surface area (Å²) in [5.41, 5.74) is 0.557. The molecule has 0 fully saturated rings. The predicted molar refractivity (Wildman–Crippen MR) is 110 cm³/mol. The van der Waals surface area contributed by atoms with Crippen LogP contribution in [-0.4, -0.2) is 25.9 Å². The number of halogens is 2. The Morgan fingerprint density at radius 1 is 1.04 bits per heavy atom. The van der Waals surface area contributed by atoms with E-state index in [-0.39, 0.29) is 15.6 Å². The fourth-order valence-corrected chi connectivity index (χ4v) is 4.35. The predicted octanol–water partition coefficient (Wildman–Crippen LogP) is 4.22. The first-order chi connectivity index (χ1) is 13.4. The third-order valence-electron chi connectivity index (χ3n) is 3.74. The molecule has 6 nitrogen and oxygen atoms in total. The molecule has 0 unspecified atom stereocenters. The van der Waals surface area contributed by atoms with Crippen molar-refractivity contribution in [2.45, 2.75) is 4.90 Å². The summed E-state index contributed by atoms with van der Waals surface area (Å²) in [5, 5.41) is 3.06. The molecular weight excluding hydrogens is 421 g/mol. The molecule has 144 valence electrons. The Kier molecular flexibility index (Phi) is 6.18. The molecule has 1 N–H and O–H groups in total. The first kappa shape index (κ1) is 20.1. The molecule has 3 aromatic rings. The van der Waals surface area contributed by atoms with Gasteiger partial charge in [0, 0.05) is 11.2 Å². The lowest BCUT2D eigenvalue weighted by Crippen LogP contribution is -2.38. The van der Waals surface area contributed by atoms with Crippen LogP contribution in [0.25, 0.3) is 0 Å². The van der Waals surface area contributed by atoms with Gasteiger partial charge in [0.1, 0.15) is 6.54 Å². The molecule has 0 aliphatic heterocycles. The number of benzene rings is 2. The van der Waals surface area contributed by atoms with Gasteiger partial charge in [-0.05, 0) is 42.5 Å². The van der Waals surface area contributed by atoms with Crippen LogP contribution in [0, 0.1) is 0 Å². The molecule has 0 aliphatic rings. The Labute approximate surface area is 172 Å². The zero-order valence-electron chi connectivity index (χ0n) is 14.4. The van der Waals surface area contributed by atoms with Crippen LogP contribution in [0.4, 0.5) is 11.4 Å². The highest BCUT2D eigenvalue weighted by molar-refractivity contribution is 7.92. The number of sulfonamides is 1. The summed E-state index contributed by atoms with van der Waals surface area (Å²) in [6.45, 7) is -0.494. The van der Waals surface area contributed by atoms with Crippen LogP contribution in [0.1, 0.15) is 0 Å². The van der Waals surface area contributed by atoms with Crippen LogP contribution >= 0.6 is 23.2 Å². The lowest BCUT2D eigenvalue weighted by atomic mass is 10.3. The van der Waals surface area contributed by atoms with Crippen LogP contribution in [0.5, 0.6) is 0 Å². The molecule has 0 radical (unpaired) electrons. The molecule has 1 heterocycles. The maximum absolute atomic E-state index is 13.2. The van der Waals surface area contributed by atoms with Crippen molar-refractivity contribution >= 4 is 50.5 Å². The Morgan fingerprint density at radius 3 is 2.46 bits per heavy atom. The minimum atomic E-state index is -4.07. The van der Waals surface area contributed by atoms with E-state index >= 15 is 0 Å². The summed E-state index contributed by atoms with van der Waals surface area (Å²) in [7, 11) is -4.07. The highest BCUT2D eigenvalue weighted by Gasteiger charge is 2.29. The molecule has 9 heteroatoms. The van der Waals surface area contributed by atoms with Crippen molar-refractivity contribution in [2.24, 2.45) is 0 Å². The molecule has 0 saturated carbocycles. The van der Waals surface area contributed by atoms with Crippen LogP contribution in [-0.2, 0) is 14.8 Å². The second-order valence-corrected chi connectivity index (χ2v) is 8.42. The van der Waals surface area contributed by atoms with E-state index in [0.717, 1.165) is 4.31 Å². The smallest absolute Gasteiger partial charge is 0.264 e. The standard InChI is InChI=1S/C19H15Cl2N3O3S/c20-14-8-9-17(21)18(11-14)24(28(26,27)16-6-2-1-3-7-16)13-19(25)23-15-5-4-10-22-12-15/h1-12H,13H2,(H,23,25). The lowest BCUT2D eigenvalue weighted by Gasteiger charge is -2.25. The van der Waals surface area contributed by atoms with Crippen molar-refractivity contribution in [3.8, 4) is 0 Å². The van der Waals surface area contributed by atoms with Crippen molar-refractivity contribution in [1.29, 1.82) is 0 Å². The molecule has 0 saturated heterocycles. The average molecular weight is 436 g/mol. The van der Waals surface area contributed by atoms with E-state index in [2.05, 4.69) is 10.3 Å². The first-order valence-electron chi connectivity index (χ1n) is 8.10. The summed E-state index contributed by atoms with van der Waals surface area (Å²) >= 11 is 12.3. The summed E-state index contributed by atoms with van der Waals surface area (Å²) in [6.07, 6.45) is 3.02. The van der Waals surface area contributed by atoms with Gasteiger partial charge in [-0.15, -0.1) is 0 Å². The van der Waals surface area contributed by atoms with Gasteiger partial charge in [-0.1, -0.05) is 41.4 Å². The molecule has 28 heavy (non-hydrogen) atoms. The van der Waals surface area contributed by atoms with Crippen LogP contribution in [0.15, 0.2) is 78.0 Å².